The fraction of sp³-hybridized carbons (Fsp3) is 0.775. The van der Waals surface area contributed by atoms with Gasteiger partial charge in [0.25, 0.3) is 0 Å². The molecular weight excluding hydrogens is 544 g/mol. The van der Waals surface area contributed by atoms with Gasteiger partial charge in [0.2, 0.25) is 0 Å². The minimum absolute atomic E-state index is 0.232. The lowest BCUT2D eigenvalue weighted by molar-refractivity contribution is -0.551. The number of rotatable bonds is 3. The first-order chi connectivity index (χ1) is 20.6. The lowest BCUT2D eigenvalue weighted by atomic mass is 9.60. The number of hydrogen-bond acceptors (Lipinski definition) is 1. The summed E-state index contributed by atoms with van der Waals surface area (Å²) >= 11 is 7.25. The van der Waals surface area contributed by atoms with Gasteiger partial charge < -0.3 is 4.90 Å². The van der Waals surface area contributed by atoms with Crippen LogP contribution in [0.1, 0.15) is 124 Å². The fourth-order valence-corrected chi connectivity index (χ4v) is 12.7. The third-order valence-electron chi connectivity index (χ3n) is 14.5. The summed E-state index contributed by atoms with van der Waals surface area (Å²) in [4.78, 5) is 2.72. The zero-order chi connectivity index (χ0) is 30.1. The van der Waals surface area contributed by atoms with Gasteiger partial charge in [0, 0.05) is 47.1 Å². The topological polar surface area (TPSA) is 6.25 Å². The molecule has 7 rings (SSSR count). The van der Waals surface area contributed by atoms with Crippen LogP contribution in [0.15, 0.2) is 46.2 Å². The molecule has 2 heterocycles. The van der Waals surface area contributed by atoms with Gasteiger partial charge in [-0.1, -0.05) is 69.7 Å². The van der Waals surface area contributed by atoms with E-state index in [1.807, 2.05) is 0 Å². The highest BCUT2D eigenvalue weighted by Crippen LogP contribution is 2.58. The quantitative estimate of drug-likeness (QED) is 0.291. The molecule has 5 fully saturated rings. The smallest absolute Gasteiger partial charge is 0.182 e. The van der Waals surface area contributed by atoms with Crippen molar-refractivity contribution in [1.82, 2.24) is 4.90 Å². The minimum atomic E-state index is 0.232. The molecule has 236 valence electrons. The van der Waals surface area contributed by atoms with Crippen molar-refractivity contribution in [3.05, 3.63) is 46.2 Å². The Labute approximate surface area is 268 Å². The third kappa shape index (κ3) is 4.98. The van der Waals surface area contributed by atoms with Crippen LogP contribution in [0.25, 0.3) is 0 Å². The lowest BCUT2D eigenvalue weighted by Crippen LogP contribution is -2.45. The zero-order valence-corrected chi connectivity index (χ0v) is 29.1. The van der Waals surface area contributed by atoms with Gasteiger partial charge >= 0.3 is 0 Å². The molecule has 3 heteroatoms. The second kappa shape index (κ2) is 11.5. The number of likely N-dealkylation sites (tertiary alicyclic amines) is 1. The van der Waals surface area contributed by atoms with Crippen molar-refractivity contribution in [1.29, 1.82) is 0 Å². The van der Waals surface area contributed by atoms with E-state index in [0.717, 1.165) is 65.5 Å². The zero-order valence-electron chi connectivity index (χ0n) is 28.3. The monoisotopic (exact) mass is 603 g/mol. The highest BCUT2D eigenvalue weighted by atomic mass is 35.5. The van der Waals surface area contributed by atoms with Crippen LogP contribution in [0.2, 0.25) is 0 Å². The molecule has 1 saturated heterocycles. The highest BCUT2D eigenvalue weighted by molar-refractivity contribution is 6.32. The molecule has 8 unspecified atom stereocenters. The minimum Gasteiger partial charge on any atom is -0.374 e. The SMILES string of the molecule is CN1/C(=C/C=C2\CCCC(/C=C/C3=[N+](C)C4C5CCCCC5CCC4C3(C)C)=C2Cl)C(C)(C)C2CCC3CCCCC3C21. The Morgan fingerprint density at radius 2 is 1.37 bits per heavy atom. The van der Waals surface area contributed by atoms with E-state index in [0.29, 0.717) is 0 Å². The molecule has 4 saturated carbocycles. The Bertz CT molecular complexity index is 1260. The van der Waals surface area contributed by atoms with E-state index in [4.69, 9.17) is 11.6 Å². The normalized spacial score (nSPS) is 42.4. The van der Waals surface area contributed by atoms with Crippen LogP contribution < -0.4 is 0 Å². The molecule has 0 aromatic carbocycles. The molecule has 5 aliphatic carbocycles. The van der Waals surface area contributed by atoms with Gasteiger partial charge in [-0.2, -0.15) is 0 Å². The van der Waals surface area contributed by atoms with Crippen molar-refractivity contribution in [3.8, 4) is 0 Å². The van der Waals surface area contributed by atoms with Crippen molar-refractivity contribution in [2.75, 3.05) is 14.1 Å². The molecule has 2 aliphatic heterocycles. The third-order valence-corrected chi connectivity index (χ3v) is 15.0. The van der Waals surface area contributed by atoms with Crippen LogP contribution >= 0.6 is 11.6 Å². The maximum absolute atomic E-state index is 7.25. The highest BCUT2D eigenvalue weighted by Gasteiger charge is 2.59. The molecule has 0 aromatic heterocycles. The van der Waals surface area contributed by atoms with Crippen LogP contribution in [0, 0.1) is 46.3 Å². The first-order valence-corrected chi connectivity index (χ1v) is 18.8. The van der Waals surface area contributed by atoms with Crippen molar-refractivity contribution in [3.63, 3.8) is 0 Å². The molecule has 0 spiro atoms. The first kappa shape index (κ1) is 30.4. The van der Waals surface area contributed by atoms with Gasteiger partial charge in [-0.3, -0.25) is 0 Å². The van der Waals surface area contributed by atoms with Gasteiger partial charge in [0.1, 0.15) is 7.05 Å². The second-order valence-corrected chi connectivity index (χ2v) is 17.5. The van der Waals surface area contributed by atoms with E-state index >= 15 is 0 Å². The predicted molar refractivity (Wildman–Crippen MR) is 182 cm³/mol. The maximum atomic E-state index is 7.25. The van der Waals surface area contributed by atoms with Gasteiger partial charge in [-0.25, -0.2) is 4.58 Å². The summed E-state index contributed by atoms with van der Waals surface area (Å²) in [5, 5.41) is 1.02. The Balaban J connectivity index is 1.14. The van der Waals surface area contributed by atoms with Crippen molar-refractivity contribution >= 4 is 17.3 Å². The van der Waals surface area contributed by atoms with Gasteiger partial charge in [0.15, 0.2) is 11.8 Å². The Morgan fingerprint density at radius 1 is 0.721 bits per heavy atom. The van der Waals surface area contributed by atoms with Crippen LogP contribution in [0.4, 0.5) is 0 Å². The molecule has 43 heavy (non-hydrogen) atoms. The molecule has 0 aromatic rings. The molecule has 2 nitrogen and oxygen atoms in total. The summed E-state index contributed by atoms with van der Waals surface area (Å²) in [5.74, 6) is 5.29. The van der Waals surface area contributed by atoms with E-state index in [1.165, 1.54) is 94.6 Å². The Morgan fingerprint density at radius 3 is 2.12 bits per heavy atom. The number of nitrogens with zero attached hydrogens (tertiary/aromatic N) is 2. The number of fused-ring (bicyclic) bond motifs is 6. The Hall–Kier alpha value is -1.28. The summed E-state index contributed by atoms with van der Waals surface area (Å²) in [7, 11) is 4.81. The molecule has 8 atom stereocenters. The summed E-state index contributed by atoms with van der Waals surface area (Å²) in [6.07, 6.45) is 30.5. The molecule has 7 aliphatic rings. The summed E-state index contributed by atoms with van der Waals surface area (Å²) in [6.45, 7) is 10.1. The second-order valence-electron chi connectivity index (χ2n) is 17.1. The molecule has 0 bridgehead atoms. The molecule has 0 radical (unpaired) electrons. The van der Waals surface area contributed by atoms with Crippen LogP contribution in [-0.4, -0.2) is 41.4 Å². The van der Waals surface area contributed by atoms with Crippen LogP contribution in [0.5, 0.6) is 0 Å². The van der Waals surface area contributed by atoms with Gasteiger partial charge in [-0.15, -0.1) is 0 Å². The number of hydrogen-bond donors (Lipinski definition) is 0. The lowest BCUT2D eigenvalue weighted by Gasteiger charge is -2.46. The largest absolute Gasteiger partial charge is 0.374 e. The Kier molecular flexibility index (Phi) is 8.13. The standard InChI is InChI=1S/C40H60ClN2/c1-39(2)32-22-18-26-12-7-9-16-30(26)37(32)42(5)34(39)24-20-28-14-11-15-29(36(28)41)21-25-35-40(3,4)33-23-19-27-13-8-10-17-31(27)38(33)43(35)6/h20-21,24-27,30-33,37-38H,7-19,22-23H2,1-6H3/q+1. The van der Waals surface area contributed by atoms with Gasteiger partial charge in [0.05, 0.1) is 5.41 Å². The number of allylic oxidation sites excluding steroid dienone is 8. The molecular formula is C40H60ClN2+. The summed E-state index contributed by atoms with van der Waals surface area (Å²) < 4.78 is 2.72. The first-order valence-electron chi connectivity index (χ1n) is 18.4. The average Bonchev–Trinajstić information content (AvgIpc) is 3.33. The van der Waals surface area contributed by atoms with Crippen molar-refractivity contribution < 1.29 is 4.58 Å². The van der Waals surface area contributed by atoms with Crippen molar-refractivity contribution in [2.45, 2.75) is 136 Å². The predicted octanol–water partition coefficient (Wildman–Crippen LogP) is 10.3. The van der Waals surface area contributed by atoms with Crippen LogP contribution in [0.3, 0.4) is 0 Å². The van der Waals surface area contributed by atoms with E-state index < -0.39 is 0 Å². The maximum Gasteiger partial charge on any atom is 0.182 e. The van der Waals surface area contributed by atoms with Crippen LogP contribution in [-0.2, 0) is 0 Å². The van der Waals surface area contributed by atoms with E-state index in [2.05, 4.69) is 75.6 Å². The summed E-state index contributed by atoms with van der Waals surface area (Å²) in [5.41, 5.74) is 6.24. The average molecular weight is 604 g/mol. The molecule has 0 amide bonds. The van der Waals surface area contributed by atoms with Gasteiger partial charge in [-0.05, 0) is 119 Å². The van der Waals surface area contributed by atoms with E-state index in [9.17, 15) is 0 Å². The summed E-state index contributed by atoms with van der Waals surface area (Å²) in [6, 6.07) is 1.46. The molecule has 0 N–H and O–H groups in total. The van der Waals surface area contributed by atoms with E-state index in [-0.39, 0.29) is 10.8 Å². The fourth-order valence-electron chi connectivity index (χ4n) is 12.3. The number of halogens is 1. The van der Waals surface area contributed by atoms with E-state index in [1.54, 1.807) is 11.4 Å². The van der Waals surface area contributed by atoms with Crippen molar-refractivity contribution in [2.24, 2.45) is 46.3 Å².